The molecule has 1 amide bonds. The fourth-order valence-corrected chi connectivity index (χ4v) is 3.70. The predicted molar refractivity (Wildman–Crippen MR) is 111 cm³/mol. The van der Waals surface area contributed by atoms with E-state index in [9.17, 15) is 14.9 Å². The molecule has 3 heterocycles. The number of anilines is 1. The van der Waals surface area contributed by atoms with E-state index in [0.717, 1.165) is 0 Å². The minimum absolute atomic E-state index is 0.0239. The zero-order chi connectivity index (χ0) is 21.3. The molecule has 0 aliphatic heterocycles. The Balaban J connectivity index is 1.62. The number of hydrogen-bond donors (Lipinski definition) is 1. The number of carbonyl (C=O) groups excluding carboxylic acids is 1. The number of nitro benzene ring substituents is 1. The van der Waals surface area contributed by atoms with Gasteiger partial charge in [0.15, 0.2) is 10.8 Å². The summed E-state index contributed by atoms with van der Waals surface area (Å²) in [5, 5.41) is 18.6. The first-order valence-electron chi connectivity index (χ1n) is 8.80. The highest BCUT2D eigenvalue weighted by atomic mass is 32.1. The second kappa shape index (κ2) is 7.79. The summed E-state index contributed by atoms with van der Waals surface area (Å²) >= 11 is 1.20. The number of aromatic nitrogens is 5. The molecule has 0 saturated heterocycles. The standard InChI is InChI=1S/C19H15N7O3S/c1-11-10-15(25(24-11)13-4-6-14(7-5-13)26(28)29)23-18(27)16-12(2)22-19(30-16)17-20-8-3-9-21-17/h3-10H,1-2H3,(H,23,27). The van der Waals surface area contributed by atoms with Gasteiger partial charge in [0.05, 0.1) is 22.0 Å². The molecule has 0 aliphatic rings. The fraction of sp³-hybridized carbons (Fsp3) is 0.105. The lowest BCUT2D eigenvalue weighted by molar-refractivity contribution is -0.384. The molecule has 0 aliphatic carbocycles. The van der Waals surface area contributed by atoms with E-state index < -0.39 is 4.92 Å². The lowest BCUT2D eigenvalue weighted by Gasteiger charge is -2.08. The predicted octanol–water partition coefficient (Wildman–Crippen LogP) is 3.56. The molecule has 1 aromatic carbocycles. The van der Waals surface area contributed by atoms with E-state index in [1.807, 2.05) is 0 Å². The maximum absolute atomic E-state index is 12.9. The van der Waals surface area contributed by atoms with Gasteiger partial charge in [0.25, 0.3) is 11.6 Å². The van der Waals surface area contributed by atoms with E-state index >= 15 is 0 Å². The van der Waals surface area contributed by atoms with Gasteiger partial charge < -0.3 is 5.32 Å². The average molecular weight is 421 g/mol. The van der Waals surface area contributed by atoms with Gasteiger partial charge in [-0.2, -0.15) is 5.10 Å². The van der Waals surface area contributed by atoms with Gasteiger partial charge in [-0.3, -0.25) is 14.9 Å². The number of benzene rings is 1. The Hall–Kier alpha value is -3.99. The lowest BCUT2D eigenvalue weighted by Crippen LogP contribution is -2.15. The number of non-ortho nitro benzene ring substituents is 1. The van der Waals surface area contributed by atoms with E-state index in [1.54, 1.807) is 50.5 Å². The van der Waals surface area contributed by atoms with Crippen molar-refractivity contribution >= 4 is 28.7 Å². The van der Waals surface area contributed by atoms with Crippen LogP contribution in [0.5, 0.6) is 0 Å². The Labute approximate surface area is 174 Å². The summed E-state index contributed by atoms with van der Waals surface area (Å²) in [5.74, 6) is 0.559. The van der Waals surface area contributed by atoms with Crippen LogP contribution in [0.25, 0.3) is 16.5 Å². The summed E-state index contributed by atoms with van der Waals surface area (Å²) in [6.07, 6.45) is 3.23. The van der Waals surface area contributed by atoms with Crippen molar-refractivity contribution in [2.45, 2.75) is 13.8 Å². The number of nitrogens with one attached hydrogen (secondary N) is 1. The van der Waals surface area contributed by atoms with Crippen LogP contribution in [0, 0.1) is 24.0 Å². The second-order valence-electron chi connectivity index (χ2n) is 6.32. The lowest BCUT2D eigenvalue weighted by atomic mass is 10.3. The molecule has 4 rings (SSSR count). The van der Waals surface area contributed by atoms with Crippen molar-refractivity contribution in [1.82, 2.24) is 24.7 Å². The van der Waals surface area contributed by atoms with Gasteiger partial charge in [-0.05, 0) is 32.0 Å². The van der Waals surface area contributed by atoms with Crippen LogP contribution < -0.4 is 5.32 Å². The van der Waals surface area contributed by atoms with Gasteiger partial charge in [-0.1, -0.05) is 0 Å². The normalized spacial score (nSPS) is 10.7. The van der Waals surface area contributed by atoms with Gasteiger partial charge in [0, 0.05) is 30.6 Å². The first kappa shape index (κ1) is 19.3. The summed E-state index contributed by atoms with van der Waals surface area (Å²) in [6, 6.07) is 9.34. The molecule has 0 atom stereocenters. The van der Waals surface area contributed by atoms with E-state index in [4.69, 9.17) is 0 Å². The minimum Gasteiger partial charge on any atom is -0.306 e. The van der Waals surface area contributed by atoms with E-state index in [-0.39, 0.29) is 11.6 Å². The van der Waals surface area contributed by atoms with Crippen LogP contribution in [0.1, 0.15) is 21.1 Å². The van der Waals surface area contributed by atoms with Crippen LogP contribution in [0.15, 0.2) is 48.8 Å². The molecular weight excluding hydrogens is 406 g/mol. The van der Waals surface area contributed by atoms with Gasteiger partial charge in [0.2, 0.25) is 0 Å². The summed E-state index contributed by atoms with van der Waals surface area (Å²) < 4.78 is 1.52. The van der Waals surface area contributed by atoms with Crippen LogP contribution in [-0.4, -0.2) is 35.6 Å². The molecule has 0 radical (unpaired) electrons. The van der Waals surface area contributed by atoms with Crippen molar-refractivity contribution in [3.63, 3.8) is 0 Å². The van der Waals surface area contributed by atoms with Crippen molar-refractivity contribution < 1.29 is 9.72 Å². The van der Waals surface area contributed by atoms with Gasteiger partial charge >= 0.3 is 0 Å². The Morgan fingerprint density at radius 3 is 2.53 bits per heavy atom. The minimum atomic E-state index is -0.471. The van der Waals surface area contributed by atoms with Crippen molar-refractivity contribution in [3.05, 3.63) is 75.2 Å². The van der Waals surface area contributed by atoms with Crippen LogP contribution in [0.4, 0.5) is 11.5 Å². The maximum atomic E-state index is 12.9. The fourth-order valence-electron chi connectivity index (χ4n) is 2.79. The number of rotatable bonds is 5. The number of amides is 1. The quantitative estimate of drug-likeness (QED) is 0.385. The Kier molecular flexibility index (Phi) is 5.02. The molecule has 30 heavy (non-hydrogen) atoms. The summed E-state index contributed by atoms with van der Waals surface area (Å²) in [5.41, 5.74) is 1.81. The number of thiazole rings is 1. The number of nitro groups is 1. The molecular formula is C19H15N7O3S. The molecule has 3 aromatic heterocycles. The average Bonchev–Trinajstić information content (AvgIpc) is 3.31. The third kappa shape index (κ3) is 3.78. The van der Waals surface area contributed by atoms with Crippen molar-refractivity contribution in [2.24, 2.45) is 0 Å². The summed E-state index contributed by atoms with van der Waals surface area (Å²) in [7, 11) is 0. The second-order valence-corrected chi connectivity index (χ2v) is 7.32. The monoisotopic (exact) mass is 421 g/mol. The third-order valence-corrected chi connectivity index (χ3v) is 5.29. The zero-order valence-electron chi connectivity index (χ0n) is 15.9. The molecule has 150 valence electrons. The topological polar surface area (TPSA) is 129 Å². The smallest absolute Gasteiger partial charge is 0.269 e. The third-order valence-electron chi connectivity index (χ3n) is 4.14. The van der Waals surface area contributed by atoms with Gasteiger partial charge in [0.1, 0.15) is 10.7 Å². The molecule has 10 nitrogen and oxygen atoms in total. The van der Waals surface area contributed by atoms with E-state index in [0.29, 0.717) is 38.6 Å². The van der Waals surface area contributed by atoms with Crippen molar-refractivity contribution in [3.8, 4) is 16.5 Å². The highest BCUT2D eigenvalue weighted by Crippen LogP contribution is 2.27. The molecule has 0 unspecified atom stereocenters. The van der Waals surface area contributed by atoms with E-state index in [2.05, 4.69) is 25.4 Å². The molecule has 0 fully saturated rings. The zero-order valence-corrected chi connectivity index (χ0v) is 16.8. The first-order valence-corrected chi connectivity index (χ1v) is 9.61. The number of nitrogens with zero attached hydrogens (tertiary/aromatic N) is 6. The largest absolute Gasteiger partial charge is 0.306 e. The van der Waals surface area contributed by atoms with Crippen LogP contribution in [-0.2, 0) is 0 Å². The highest BCUT2D eigenvalue weighted by molar-refractivity contribution is 7.17. The maximum Gasteiger partial charge on any atom is 0.269 e. The Morgan fingerprint density at radius 2 is 1.87 bits per heavy atom. The van der Waals surface area contributed by atoms with Crippen LogP contribution >= 0.6 is 11.3 Å². The molecule has 1 N–H and O–H groups in total. The number of carbonyl (C=O) groups is 1. The van der Waals surface area contributed by atoms with Crippen molar-refractivity contribution in [2.75, 3.05) is 5.32 Å². The highest BCUT2D eigenvalue weighted by Gasteiger charge is 2.20. The van der Waals surface area contributed by atoms with Crippen LogP contribution in [0.2, 0.25) is 0 Å². The molecule has 0 bridgehead atoms. The number of hydrogen-bond acceptors (Lipinski definition) is 8. The van der Waals surface area contributed by atoms with Crippen LogP contribution in [0.3, 0.4) is 0 Å². The molecule has 0 saturated carbocycles. The SMILES string of the molecule is Cc1cc(NC(=O)c2sc(-c3ncccn3)nc2C)n(-c2ccc([N+](=O)[O-])cc2)n1. The molecule has 4 aromatic rings. The Bertz CT molecular complexity index is 1230. The number of aryl methyl sites for hydroxylation is 2. The van der Waals surface area contributed by atoms with E-state index in [1.165, 1.54) is 28.2 Å². The van der Waals surface area contributed by atoms with Gasteiger partial charge in [-0.15, -0.1) is 11.3 Å². The molecule has 0 spiro atoms. The Morgan fingerprint density at radius 1 is 1.17 bits per heavy atom. The van der Waals surface area contributed by atoms with Crippen molar-refractivity contribution in [1.29, 1.82) is 0 Å². The molecule has 11 heteroatoms. The summed E-state index contributed by atoms with van der Waals surface area (Å²) in [4.78, 5) is 36.5. The van der Waals surface area contributed by atoms with Gasteiger partial charge in [-0.25, -0.2) is 19.6 Å². The summed E-state index contributed by atoms with van der Waals surface area (Å²) in [6.45, 7) is 3.54. The first-order chi connectivity index (χ1) is 14.4.